The number of hydrogen-bond donors (Lipinski definition) is 0. The Morgan fingerprint density at radius 3 is 2.61 bits per heavy atom. The normalized spacial score (nSPS) is 24.3. The van der Waals surface area contributed by atoms with Crippen LogP contribution in [0.25, 0.3) is 5.83 Å². The predicted octanol–water partition coefficient (Wildman–Crippen LogP) is 2.53. The molecule has 1 atom stereocenters. The highest BCUT2D eigenvalue weighted by atomic mass is 19.3. The van der Waals surface area contributed by atoms with Crippen molar-refractivity contribution >= 4 is 17.7 Å². The van der Waals surface area contributed by atoms with Gasteiger partial charge in [-0.1, -0.05) is 12.6 Å². The number of benzene rings is 1. The molecule has 2 aliphatic rings. The van der Waals surface area contributed by atoms with Crippen LogP contribution in [0.15, 0.2) is 24.8 Å². The van der Waals surface area contributed by atoms with Gasteiger partial charge in [-0.05, 0) is 17.7 Å². The lowest BCUT2D eigenvalue weighted by Gasteiger charge is -2.34. The monoisotopic (exact) mass is 325 g/mol. The van der Waals surface area contributed by atoms with Gasteiger partial charge in [-0.25, -0.2) is 13.2 Å². The number of carbonyl (C=O) groups is 2. The molecule has 1 saturated carbocycles. The van der Waals surface area contributed by atoms with Crippen LogP contribution in [-0.4, -0.2) is 42.9 Å². The molecule has 4 nitrogen and oxygen atoms in total. The molecule has 1 aromatic carbocycles. The minimum Gasteiger partial charge on any atom is -0.468 e. The van der Waals surface area contributed by atoms with Crippen molar-refractivity contribution in [1.82, 2.24) is 4.90 Å². The van der Waals surface area contributed by atoms with Gasteiger partial charge in [0.15, 0.2) is 0 Å². The number of fused-ring (bicyclic) bond motifs is 2. The van der Waals surface area contributed by atoms with Crippen LogP contribution >= 0.6 is 0 Å². The zero-order valence-corrected chi connectivity index (χ0v) is 12.4. The van der Waals surface area contributed by atoms with E-state index >= 15 is 0 Å². The van der Waals surface area contributed by atoms with E-state index in [1.807, 2.05) is 0 Å². The second-order valence-corrected chi connectivity index (χ2v) is 5.87. The average Bonchev–Trinajstić information content (AvgIpc) is 3.05. The van der Waals surface area contributed by atoms with Crippen molar-refractivity contribution in [2.24, 2.45) is 0 Å². The highest BCUT2D eigenvalue weighted by Gasteiger charge is 2.74. The number of amides is 1. The summed E-state index contributed by atoms with van der Waals surface area (Å²) in [6, 6.07) is 3.87. The molecule has 3 rings (SSSR count). The molecular weight excluding hydrogens is 311 g/mol. The van der Waals surface area contributed by atoms with Gasteiger partial charge in [-0.2, -0.15) is 0 Å². The summed E-state index contributed by atoms with van der Waals surface area (Å²) in [6.45, 7) is 2.45. The highest BCUT2D eigenvalue weighted by molar-refractivity contribution is 6.00. The Morgan fingerprint density at radius 1 is 1.43 bits per heavy atom. The Labute approximate surface area is 130 Å². The molecule has 1 fully saturated rings. The lowest BCUT2D eigenvalue weighted by molar-refractivity contribution is -0.141. The maximum atomic E-state index is 14.0. The van der Waals surface area contributed by atoms with Gasteiger partial charge in [0.05, 0.1) is 12.5 Å². The summed E-state index contributed by atoms with van der Waals surface area (Å²) >= 11 is 0. The minimum atomic E-state index is -3.01. The van der Waals surface area contributed by atoms with Crippen molar-refractivity contribution in [3.05, 3.63) is 41.5 Å². The molecule has 0 bridgehead atoms. The Bertz CT molecular complexity index is 731. The van der Waals surface area contributed by atoms with Gasteiger partial charge in [0, 0.05) is 24.1 Å². The zero-order chi connectivity index (χ0) is 17.0. The van der Waals surface area contributed by atoms with Crippen LogP contribution in [0.3, 0.4) is 0 Å². The maximum Gasteiger partial charge on any atom is 0.325 e. The summed E-state index contributed by atoms with van der Waals surface area (Å²) < 4.78 is 45.9. The van der Waals surface area contributed by atoms with Crippen molar-refractivity contribution in [3.8, 4) is 0 Å². The van der Waals surface area contributed by atoms with Crippen LogP contribution in [0.5, 0.6) is 0 Å². The smallest absolute Gasteiger partial charge is 0.325 e. The first-order chi connectivity index (χ1) is 10.7. The standard InChI is InChI=1S/C16H14F3NO3/c1-9(17)10-3-4-11-12(5-10)15(7-16(15,18)19)8-20(14(11)22)6-13(21)23-2/h3-5H,1,6-8H2,2H3. The van der Waals surface area contributed by atoms with Crippen LogP contribution in [0.4, 0.5) is 13.2 Å². The number of halogens is 3. The van der Waals surface area contributed by atoms with Gasteiger partial charge in [0.2, 0.25) is 0 Å². The molecule has 1 aromatic rings. The Morgan fingerprint density at radius 2 is 2.09 bits per heavy atom. The molecular formula is C16H14F3NO3. The fourth-order valence-electron chi connectivity index (χ4n) is 3.10. The van der Waals surface area contributed by atoms with Crippen molar-refractivity contribution in [2.75, 3.05) is 20.2 Å². The summed E-state index contributed by atoms with van der Waals surface area (Å²) in [5.74, 6) is -4.99. The SMILES string of the molecule is C=C(F)c1ccc2c(c1)C1(CN(CC(=O)OC)C2=O)CC1(F)F. The van der Waals surface area contributed by atoms with Crippen molar-refractivity contribution in [3.63, 3.8) is 0 Å². The number of rotatable bonds is 3. The maximum absolute atomic E-state index is 14.0. The summed E-state index contributed by atoms with van der Waals surface area (Å²) in [5, 5.41) is 0. The lowest BCUT2D eigenvalue weighted by Crippen LogP contribution is -2.47. The molecule has 0 saturated heterocycles. The Balaban J connectivity index is 2.08. The van der Waals surface area contributed by atoms with Gasteiger partial charge < -0.3 is 9.64 Å². The molecule has 23 heavy (non-hydrogen) atoms. The third kappa shape index (κ3) is 2.22. The van der Waals surface area contributed by atoms with Gasteiger partial charge in [0.25, 0.3) is 11.8 Å². The van der Waals surface area contributed by atoms with Crippen LogP contribution in [0.2, 0.25) is 0 Å². The first-order valence-corrected chi connectivity index (χ1v) is 6.95. The van der Waals surface area contributed by atoms with Gasteiger partial charge in [0.1, 0.15) is 12.4 Å². The number of alkyl halides is 2. The molecule has 0 radical (unpaired) electrons. The molecule has 1 aliphatic heterocycles. The number of carbonyl (C=O) groups excluding carboxylic acids is 2. The quantitative estimate of drug-likeness (QED) is 0.803. The van der Waals surface area contributed by atoms with E-state index in [4.69, 9.17) is 0 Å². The summed E-state index contributed by atoms with van der Waals surface area (Å²) in [7, 11) is 1.16. The molecule has 1 spiro atoms. The van der Waals surface area contributed by atoms with E-state index < -0.39 is 42.0 Å². The molecule has 7 heteroatoms. The second kappa shape index (κ2) is 4.84. The van der Waals surface area contributed by atoms with E-state index in [-0.39, 0.29) is 23.2 Å². The highest BCUT2D eigenvalue weighted by Crippen LogP contribution is 2.64. The number of esters is 1. The Kier molecular flexibility index (Phi) is 3.28. The number of methoxy groups -OCH3 is 1. The predicted molar refractivity (Wildman–Crippen MR) is 75.7 cm³/mol. The van der Waals surface area contributed by atoms with Crippen LogP contribution in [-0.2, 0) is 14.9 Å². The number of nitrogens with zero attached hydrogens (tertiary/aromatic N) is 1. The summed E-state index contributed by atoms with van der Waals surface area (Å²) in [6.07, 6.45) is -0.444. The van der Waals surface area contributed by atoms with E-state index in [1.54, 1.807) is 0 Å². The largest absolute Gasteiger partial charge is 0.468 e. The minimum absolute atomic E-state index is 0.0577. The lowest BCUT2D eigenvalue weighted by atomic mass is 9.84. The second-order valence-electron chi connectivity index (χ2n) is 5.87. The molecule has 0 N–H and O–H groups in total. The van der Waals surface area contributed by atoms with Crippen LogP contribution in [0, 0.1) is 0 Å². The molecule has 0 aromatic heterocycles. The van der Waals surface area contributed by atoms with E-state index in [0.29, 0.717) is 0 Å². The molecule has 122 valence electrons. The topological polar surface area (TPSA) is 46.6 Å². The Hall–Kier alpha value is -2.31. The first kappa shape index (κ1) is 15.6. The number of ether oxygens (including phenoxy) is 1. The van der Waals surface area contributed by atoms with E-state index in [9.17, 15) is 22.8 Å². The molecule has 1 aliphatic carbocycles. The van der Waals surface area contributed by atoms with Gasteiger partial charge in [-0.15, -0.1) is 0 Å². The summed E-state index contributed by atoms with van der Waals surface area (Å²) in [5.41, 5.74) is -1.33. The first-order valence-electron chi connectivity index (χ1n) is 6.95. The fraction of sp³-hybridized carbons (Fsp3) is 0.375. The molecule has 1 amide bonds. The van der Waals surface area contributed by atoms with Crippen molar-refractivity contribution < 1.29 is 27.5 Å². The van der Waals surface area contributed by atoms with Crippen LogP contribution in [0.1, 0.15) is 27.9 Å². The van der Waals surface area contributed by atoms with E-state index in [1.165, 1.54) is 18.2 Å². The van der Waals surface area contributed by atoms with Crippen LogP contribution < -0.4 is 0 Å². The van der Waals surface area contributed by atoms with Crippen molar-refractivity contribution in [2.45, 2.75) is 17.8 Å². The molecule has 1 unspecified atom stereocenters. The third-order valence-electron chi connectivity index (χ3n) is 4.47. The zero-order valence-electron chi connectivity index (χ0n) is 12.4. The fourth-order valence-corrected chi connectivity index (χ4v) is 3.10. The van der Waals surface area contributed by atoms with E-state index in [2.05, 4.69) is 11.3 Å². The van der Waals surface area contributed by atoms with Crippen molar-refractivity contribution in [1.29, 1.82) is 0 Å². The average molecular weight is 325 g/mol. The van der Waals surface area contributed by atoms with E-state index in [0.717, 1.165) is 12.0 Å². The molecule has 1 heterocycles. The number of hydrogen-bond acceptors (Lipinski definition) is 3. The van der Waals surface area contributed by atoms with Gasteiger partial charge >= 0.3 is 5.97 Å². The summed E-state index contributed by atoms with van der Waals surface area (Å²) in [4.78, 5) is 24.9. The third-order valence-corrected chi connectivity index (χ3v) is 4.47. The van der Waals surface area contributed by atoms with Gasteiger partial charge in [-0.3, -0.25) is 9.59 Å².